The Morgan fingerprint density at radius 2 is 1.61 bits per heavy atom. The molecule has 1 aromatic heterocycles. The standard InChI is InChI=1S/C25H28F2N4O4S/c1-17(2)36(33,34)30-10-8-29(9-11-30)24-16-28-31(21-14-19(26)13-20(27)15-21)25(32)23(24)12-18-4-6-22(35-3)7-5-18/h4-7,13-17H,8-12H2,1-3H3. The number of aromatic nitrogens is 2. The molecule has 1 fully saturated rings. The number of piperazine rings is 1. The number of hydrogen-bond acceptors (Lipinski definition) is 6. The molecule has 0 radical (unpaired) electrons. The number of methoxy groups -OCH3 is 1. The number of ether oxygens (including phenoxy) is 1. The van der Waals surface area contributed by atoms with E-state index < -0.39 is 32.5 Å². The molecule has 192 valence electrons. The van der Waals surface area contributed by atoms with Gasteiger partial charge in [-0.05, 0) is 43.7 Å². The summed E-state index contributed by atoms with van der Waals surface area (Å²) in [6, 6.07) is 10.1. The van der Waals surface area contributed by atoms with E-state index in [1.54, 1.807) is 33.1 Å². The van der Waals surface area contributed by atoms with E-state index in [4.69, 9.17) is 4.74 Å². The van der Waals surface area contributed by atoms with E-state index in [2.05, 4.69) is 5.10 Å². The van der Waals surface area contributed by atoms with Crippen LogP contribution in [0.15, 0.2) is 53.5 Å². The van der Waals surface area contributed by atoms with E-state index in [0.29, 0.717) is 30.1 Å². The number of nitrogens with zero attached hydrogens (tertiary/aromatic N) is 4. The third-order valence-electron chi connectivity index (χ3n) is 6.22. The molecule has 0 atom stereocenters. The molecular weight excluding hydrogens is 490 g/mol. The number of rotatable bonds is 7. The van der Waals surface area contributed by atoms with Crippen molar-refractivity contribution in [1.82, 2.24) is 14.1 Å². The second kappa shape index (κ2) is 10.4. The predicted octanol–water partition coefficient (Wildman–Crippen LogP) is 2.97. The molecule has 0 amide bonds. The summed E-state index contributed by atoms with van der Waals surface area (Å²) in [6.07, 6.45) is 1.73. The van der Waals surface area contributed by atoms with Crippen LogP contribution in [0.25, 0.3) is 5.69 Å². The molecule has 1 aliphatic heterocycles. The third-order valence-corrected chi connectivity index (χ3v) is 8.50. The molecule has 0 aliphatic carbocycles. The Balaban J connectivity index is 1.73. The lowest BCUT2D eigenvalue weighted by atomic mass is 10.0. The van der Waals surface area contributed by atoms with Crippen LogP contribution in [-0.4, -0.2) is 61.0 Å². The fourth-order valence-electron chi connectivity index (χ4n) is 4.19. The lowest BCUT2D eigenvalue weighted by Gasteiger charge is -2.36. The molecule has 11 heteroatoms. The maximum Gasteiger partial charge on any atom is 0.277 e. The van der Waals surface area contributed by atoms with Crippen LogP contribution in [0.5, 0.6) is 5.75 Å². The summed E-state index contributed by atoms with van der Waals surface area (Å²) in [4.78, 5) is 15.5. The van der Waals surface area contributed by atoms with Crippen LogP contribution in [0.1, 0.15) is 25.0 Å². The third kappa shape index (κ3) is 5.26. The van der Waals surface area contributed by atoms with Crippen molar-refractivity contribution in [2.75, 3.05) is 38.2 Å². The topological polar surface area (TPSA) is 84.7 Å². The molecule has 0 unspecified atom stereocenters. The molecule has 0 N–H and O–H groups in total. The molecule has 4 rings (SSSR count). The second-order valence-corrected chi connectivity index (χ2v) is 11.3. The zero-order chi connectivity index (χ0) is 26.0. The van der Waals surface area contributed by atoms with Gasteiger partial charge in [-0.3, -0.25) is 4.79 Å². The molecule has 8 nitrogen and oxygen atoms in total. The minimum atomic E-state index is -3.39. The van der Waals surface area contributed by atoms with Gasteiger partial charge in [-0.2, -0.15) is 14.1 Å². The Bertz CT molecular complexity index is 1380. The summed E-state index contributed by atoms with van der Waals surface area (Å²) in [6.45, 7) is 4.60. The molecule has 1 aliphatic rings. The normalized spacial score (nSPS) is 14.9. The fraction of sp³-hybridized carbons (Fsp3) is 0.360. The van der Waals surface area contributed by atoms with Gasteiger partial charge in [0.1, 0.15) is 17.4 Å². The van der Waals surface area contributed by atoms with Crippen LogP contribution < -0.4 is 15.2 Å². The minimum Gasteiger partial charge on any atom is -0.497 e. The zero-order valence-corrected chi connectivity index (χ0v) is 21.1. The summed E-state index contributed by atoms with van der Waals surface area (Å²) in [7, 11) is -1.83. The fourth-order valence-corrected chi connectivity index (χ4v) is 5.46. The van der Waals surface area contributed by atoms with Crippen molar-refractivity contribution in [1.29, 1.82) is 0 Å². The molecule has 36 heavy (non-hydrogen) atoms. The van der Waals surface area contributed by atoms with Crippen molar-refractivity contribution in [3.8, 4) is 11.4 Å². The van der Waals surface area contributed by atoms with Crippen LogP contribution >= 0.6 is 0 Å². The van der Waals surface area contributed by atoms with Gasteiger partial charge in [-0.1, -0.05) is 12.1 Å². The molecule has 0 saturated carbocycles. The molecule has 2 aromatic carbocycles. The molecular formula is C25H28F2N4O4S. The van der Waals surface area contributed by atoms with E-state index in [1.165, 1.54) is 10.5 Å². The summed E-state index contributed by atoms with van der Waals surface area (Å²) < 4.78 is 60.5. The number of sulfonamides is 1. The first-order valence-corrected chi connectivity index (χ1v) is 13.0. The average Bonchev–Trinajstić information content (AvgIpc) is 2.85. The molecule has 2 heterocycles. The van der Waals surface area contributed by atoms with Gasteiger partial charge in [0.25, 0.3) is 5.56 Å². The van der Waals surface area contributed by atoms with E-state index in [1.807, 2.05) is 17.0 Å². The number of hydrogen-bond donors (Lipinski definition) is 0. The highest BCUT2D eigenvalue weighted by Gasteiger charge is 2.30. The van der Waals surface area contributed by atoms with Gasteiger partial charge in [0, 0.05) is 44.2 Å². The SMILES string of the molecule is COc1ccc(Cc2c(N3CCN(S(=O)(=O)C(C)C)CC3)cnn(-c3cc(F)cc(F)c3)c2=O)cc1. The number of anilines is 1. The van der Waals surface area contributed by atoms with Crippen LogP contribution in [0.3, 0.4) is 0 Å². The van der Waals surface area contributed by atoms with Crippen molar-refractivity contribution in [2.45, 2.75) is 25.5 Å². The first kappa shape index (κ1) is 25.8. The van der Waals surface area contributed by atoms with Gasteiger partial charge in [0.15, 0.2) is 0 Å². The monoisotopic (exact) mass is 518 g/mol. The minimum absolute atomic E-state index is 0.0205. The van der Waals surface area contributed by atoms with Gasteiger partial charge in [-0.25, -0.2) is 17.2 Å². The lowest BCUT2D eigenvalue weighted by Crippen LogP contribution is -2.51. The van der Waals surface area contributed by atoms with E-state index in [0.717, 1.165) is 28.4 Å². The quantitative estimate of drug-likeness (QED) is 0.478. The summed E-state index contributed by atoms with van der Waals surface area (Å²) in [5.41, 5.74) is 1.25. The van der Waals surface area contributed by atoms with Crippen molar-refractivity contribution in [2.24, 2.45) is 0 Å². The lowest BCUT2D eigenvalue weighted by molar-refractivity contribution is 0.380. The Hall–Kier alpha value is -3.31. The largest absolute Gasteiger partial charge is 0.497 e. The van der Waals surface area contributed by atoms with Crippen molar-refractivity contribution in [3.63, 3.8) is 0 Å². The van der Waals surface area contributed by atoms with Crippen LogP contribution in [0.2, 0.25) is 0 Å². The molecule has 3 aromatic rings. The second-order valence-electron chi connectivity index (χ2n) is 8.86. The Kier molecular flexibility index (Phi) is 7.41. The predicted molar refractivity (Wildman–Crippen MR) is 133 cm³/mol. The Morgan fingerprint density at radius 1 is 1.00 bits per heavy atom. The van der Waals surface area contributed by atoms with Crippen molar-refractivity contribution >= 4 is 15.7 Å². The Labute approximate surface area is 208 Å². The van der Waals surface area contributed by atoms with E-state index in [9.17, 15) is 22.0 Å². The average molecular weight is 519 g/mol. The van der Waals surface area contributed by atoms with E-state index in [-0.39, 0.29) is 25.2 Å². The zero-order valence-electron chi connectivity index (χ0n) is 20.3. The summed E-state index contributed by atoms with van der Waals surface area (Å²) in [5, 5.41) is 3.69. The van der Waals surface area contributed by atoms with Gasteiger partial charge in [-0.15, -0.1) is 0 Å². The van der Waals surface area contributed by atoms with E-state index >= 15 is 0 Å². The van der Waals surface area contributed by atoms with Gasteiger partial charge < -0.3 is 9.64 Å². The molecule has 0 spiro atoms. The maximum absolute atomic E-state index is 13.9. The van der Waals surface area contributed by atoms with Crippen LogP contribution in [0, 0.1) is 11.6 Å². The Morgan fingerprint density at radius 3 is 2.17 bits per heavy atom. The van der Waals surface area contributed by atoms with Gasteiger partial charge in [0.05, 0.1) is 29.9 Å². The number of benzene rings is 2. The van der Waals surface area contributed by atoms with Crippen LogP contribution in [0.4, 0.5) is 14.5 Å². The summed E-state index contributed by atoms with van der Waals surface area (Å²) >= 11 is 0. The van der Waals surface area contributed by atoms with Crippen molar-refractivity contribution in [3.05, 3.63) is 81.8 Å². The number of halogens is 2. The highest BCUT2D eigenvalue weighted by atomic mass is 32.2. The molecule has 0 bridgehead atoms. The van der Waals surface area contributed by atoms with Gasteiger partial charge >= 0.3 is 0 Å². The smallest absolute Gasteiger partial charge is 0.277 e. The first-order valence-electron chi connectivity index (χ1n) is 11.5. The van der Waals surface area contributed by atoms with Crippen LogP contribution in [-0.2, 0) is 16.4 Å². The van der Waals surface area contributed by atoms with Gasteiger partial charge in [0.2, 0.25) is 10.0 Å². The highest BCUT2D eigenvalue weighted by Crippen LogP contribution is 2.24. The first-order chi connectivity index (χ1) is 17.1. The maximum atomic E-state index is 13.9. The highest BCUT2D eigenvalue weighted by molar-refractivity contribution is 7.89. The van der Waals surface area contributed by atoms with Crippen molar-refractivity contribution < 1.29 is 21.9 Å². The molecule has 1 saturated heterocycles. The summed E-state index contributed by atoms with van der Waals surface area (Å²) in [5.74, 6) is -0.965.